The van der Waals surface area contributed by atoms with E-state index in [4.69, 9.17) is 4.74 Å². The molecule has 0 atom stereocenters. The molecule has 1 N–H and O–H groups in total. The van der Waals surface area contributed by atoms with Crippen molar-refractivity contribution in [2.75, 3.05) is 7.05 Å². The molecule has 0 aliphatic carbocycles. The summed E-state index contributed by atoms with van der Waals surface area (Å²) in [4.78, 5) is 25.0. The van der Waals surface area contributed by atoms with E-state index in [1.807, 2.05) is 36.7 Å². The maximum absolute atomic E-state index is 13.1. The Morgan fingerprint density at radius 3 is 2.30 bits per heavy atom. The van der Waals surface area contributed by atoms with Gasteiger partial charge in [-0.05, 0) is 67.8 Å². The third-order valence-corrected chi connectivity index (χ3v) is 6.79. The van der Waals surface area contributed by atoms with Gasteiger partial charge in [0, 0.05) is 35.9 Å². The Balaban J connectivity index is 1.40. The summed E-state index contributed by atoms with van der Waals surface area (Å²) in [6.45, 7) is 6.00. The number of carbonyl (C=O) groups excluding carboxylic acids is 2. The normalized spacial score (nSPS) is 11.4. The summed E-state index contributed by atoms with van der Waals surface area (Å²) < 4.78 is 46.2. The third kappa shape index (κ3) is 6.59. The van der Waals surface area contributed by atoms with Crippen molar-refractivity contribution < 1.29 is 27.5 Å². The van der Waals surface area contributed by atoms with Gasteiger partial charge < -0.3 is 10.1 Å². The molecule has 6 nitrogen and oxygen atoms in total. The van der Waals surface area contributed by atoms with Gasteiger partial charge in [0.25, 0.3) is 5.91 Å². The van der Waals surface area contributed by atoms with E-state index in [1.54, 1.807) is 44.3 Å². The van der Waals surface area contributed by atoms with Crippen molar-refractivity contribution in [1.82, 2.24) is 15.1 Å². The Bertz CT molecular complexity index is 1540. The van der Waals surface area contributed by atoms with E-state index in [1.165, 1.54) is 6.07 Å². The van der Waals surface area contributed by atoms with Crippen molar-refractivity contribution in [3.05, 3.63) is 117 Å². The SMILES string of the molecule is CNC(=O)c1cccc(Cn2nc(C)c(CC(=O)c3ccc(COc4ccc(C(F)(F)F)cc4C)cc3)c2C)c1. The van der Waals surface area contributed by atoms with Gasteiger partial charge in [0.15, 0.2) is 5.78 Å². The number of nitrogens with one attached hydrogen (secondary N) is 1. The average molecular weight is 550 g/mol. The molecule has 0 unspecified atom stereocenters. The van der Waals surface area contributed by atoms with Crippen molar-refractivity contribution in [2.45, 2.75) is 46.5 Å². The smallest absolute Gasteiger partial charge is 0.416 e. The molecule has 208 valence electrons. The van der Waals surface area contributed by atoms with Gasteiger partial charge in [0.05, 0.1) is 17.8 Å². The fourth-order valence-electron chi connectivity index (χ4n) is 4.47. The van der Waals surface area contributed by atoms with Crippen molar-refractivity contribution in [2.24, 2.45) is 0 Å². The maximum Gasteiger partial charge on any atom is 0.416 e. The molecule has 0 aliphatic rings. The number of Topliss-reactive ketones (excluding diaryl/α,β-unsaturated/α-hetero) is 1. The third-order valence-electron chi connectivity index (χ3n) is 6.79. The van der Waals surface area contributed by atoms with Crippen LogP contribution in [0.3, 0.4) is 0 Å². The zero-order chi connectivity index (χ0) is 29.0. The van der Waals surface area contributed by atoms with Crippen LogP contribution in [0.1, 0.15) is 59.9 Å². The Labute approximate surface area is 230 Å². The monoisotopic (exact) mass is 549 g/mol. The van der Waals surface area contributed by atoms with Crippen molar-refractivity contribution in [1.29, 1.82) is 0 Å². The summed E-state index contributed by atoms with van der Waals surface area (Å²) in [7, 11) is 1.59. The van der Waals surface area contributed by atoms with Gasteiger partial charge in [-0.15, -0.1) is 0 Å². The molecule has 40 heavy (non-hydrogen) atoms. The van der Waals surface area contributed by atoms with Crippen LogP contribution in [0, 0.1) is 20.8 Å². The number of ether oxygens (including phenoxy) is 1. The number of nitrogens with zero attached hydrogens (tertiary/aromatic N) is 2. The second-order valence-corrected chi connectivity index (χ2v) is 9.65. The summed E-state index contributed by atoms with van der Waals surface area (Å²) in [5.74, 6) is 0.156. The summed E-state index contributed by atoms with van der Waals surface area (Å²) >= 11 is 0. The molecule has 0 bridgehead atoms. The molecule has 1 aromatic heterocycles. The van der Waals surface area contributed by atoms with Crippen molar-refractivity contribution in [3.8, 4) is 5.75 Å². The number of carbonyl (C=O) groups is 2. The topological polar surface area (TPSA) is 73.2 Å². The van der Waals surface area contributed by atoms with Gasteiger partial charge in [-0.2, -0.15) is 18.3 Å². The predicted molar refractivity (Wildman–Crippen MR) is 146 cm³/mol. The maximum atomic E-state index is 13.1. The van der Waals surface area contributed by atoms with Gasteiger partial charge in [-0.1, -0.05) is 36.4 Å². The van der Waals surface area contributed by atoms with Crippen LogP contribution in [-0.4, -0.2) is 28.5 Å². The van der Waals surface area contributed by atoms with E-state index in [0.29, 0.717) is 29.0 Å². The number of ketones is 1. The van der Waals surface area contributed by atoms with Crippen LogP contribution in [0.15, 0.2) is 66.7 Å². The largest absolute Gasteiger partial charge is 0.489 e. The minimum atomic E-state index is -4.40. The zero-order valence-corrected chi connectivity index (χ0v) is 22.7. The molecule has 0 aliphatic heterocycles. The van der Waals surface area contributed by atoms with Crippen LogP contribution in [0.5, 0.6) is 5.75 Å². The highest BCUT2D eigenvalue weighted by atomic mass is 19.4. The fourth-order valence-corrected chi connectivity index (χ4v) is 4.47. The van der Waals surface area contributed by atoms with Gasteiger partial charge in [-0.3, -0.25) is 14.3 Å². The number of rotatable bonds is 9. The number of hydrogen-bond acceptors (Lipinski definition) is 4. The molecule has 0 radical (unpaired) electrons. The number of hydrogen-bond donors (Lipinski definition) is 1. The number of aryl methyl sites for hydroxylation is 2. The lowest BCUT2D eigenvalue weighted by Crippen LogP contribution is -2.18. The van der Waals surface area contributed by atoms with E-state index in [2.05, 4.69) is 10.4 Å². The van der Waals surface area contributed by atoms with Crippen molar-refractivity contribution >= 4 is 11.7 Å². The van der Waals surface area contributed by atoms with E-state index in [0.717, 1.165) is 40.2 Å². The first-order valence-corrected chi connectivity index (χ1v) is 12.7. The van der Waals surface area contributed by atoms with Crippen molar-refractivity contribution in [3.63, 3.8) is 0 Å². The van der Waals surface area contributed by atoms with Gasteiger partial charge >= 0.3 is 6.18 Å². The second kappa shape index (κ2) is 11.8. The molecular formula is C31H30F3N3O3. The van der Waals surface area contributed by atoms with Gasteiger partial charge in [0.1, 0.15) is 12.4 Å². The minimum absolute atomic E-state index is 0.0570. The fraction of sp³-hybridized carbons (Fsp3) is 0.258. The molecule has 0 spiro atoms. The molecule has 0 saturated heterocycles. The Kier molecular flexibility index (Phi) is 8.42. The molecule has 9 heteroatoms. The van der Waals surface area contributed by atoms with Gasteiger partial charge in [0.2, 0.25) is 0 Å². The first-order valence-electron chi connectivity index (χ1n) is 12.7. The minimum Gasteiger partial charge on any atom is -0.489 e. The first-order chi connectivity index (χ1) is 19.0. The summed E-state index contributed by atoms with van der Waals surface area (Å²) in [5, 5.41) is 7.25. The Hall–Kier alpha value is -4.40. The number of halogens is 3. The summed E-state index contributed by atoms with van der Waals surface area (Å²) in [6.07, 6.45) is -4.21. The summed E-state index contributed by atoms with van der Waals surface area (Å²) in [5.41, 5.74) is 5.01. The van der Waals surface area contributed by atoms with Gasteiger partial charge in [-0.25, -0.2) is 0 Å². The molecule has 0 saturated carbocycles. The molecular weight excluding hydrogens is 519 g/mol. The van der Waals surface area contributed by atoms with E-state index in [9.17, 15) is 22.8 Å². The van der Waals surface area contributed by atoms with Crippen LogP contribution in [0.4, 0.5) is 13.2 Å². The lowest BCUT2D eigenvalue weighted by Gasteiger charge is -2.12. The highest BCUT2D eigenvalue weighted by Gasteiger charge is 2.30. The van der Waals surface area contributed by atoms with E-state index >= 15 is 0 Å². The van der Waals surface area contributed by atoms with Crippen LogP contribution in [0.2, 0.25) is 0 Å². The van der Waals surface area contributed by atoms with E-state index < -0.39 is 11.7 Å². The van der Waals surface area contributed by atoms with Crippen LogP contribution in [0.25, 0.3) is 0 Å². The zero-order valence-electron chi connectivity index (χ0n) is 22.7. The average Bonchev–Trinajstić information content (AvgIpc) is 3.18. The molecule has 3 aromatic carbocycles. The Morgan fingerprint density at radius 1 is 0.925 bits per heavy atom. The number of benzene rings is 3. The second-order valence-electron chi connectivity index (χ2n) is 9.65. The number of aromatic nitrogens is 2. The lowest BCUT2D eigenvalue weighted by molar-refractivity contribution is -0.137. The predicted octanol–water partition coefficient (Wildman–Crippen LogP) is 6.24. The highest BCUT2D eigenvalue weighted by Crippen LogP contribution is 2.32. The standard InChI is InChI=1S/C31H30F3N3O3/c1-19-14-26(31(32,33)34)12-13-29(19)40-18-22-8-10-24(11-9-22)28(38)16-27-20(2)36-37(21(27)3)17-23-6-5-7-25(15-23)30(39)35-4/h5-15H,16-18H2,1-4H3,(H,35,39). The number of amides is 1. The molecule has 0 fully saturated rings. The molecule has 1 heterocycles. The van der Waals surface area contributed by atoms with Crippen LogP contribution in [-0.2, 0) is 25.7 Å². The quantitative estimate of drug-likeness (QED) is 0.251. The highest BCUT2D eigenvalue weighted by molar-refractivity contribution is 5.97. The van der Waals surface area contributed by atoms with Crippen LogP contribution >= 0.6 is 0 Å². The molecule has 4 rings (SSSR count). The molecule has 1 amide bonds. The van der Waals surface area contributed by atoms with Crippen LogP contribution < -0.4 is 10.1 Å². The lowest BCUT2D eigenvalue weighted by atomic mass is 10.0. The summed E-state index contributed by atoms with van der Waals surface area (Å²) in [6, 6.07) is 17.7. The van der Waals surface area contributed by atoms with E-state index in [-0.39, 0.29) is 24.7 Å². The first kappa shape index (κ1) is 28.6. The Morgan fingerprint density at radius 2 is 1.65 bits per heavy atom. The molecule has 4 aromatic rings. The number of alkyl halides is 3.